The maximum absolute atomic E-state index is 12.8. The monoisotopic (exact) mass is 403 g/mol. The summed E-state index contributed by atoms with van der Waals surface area (Å²) < 4.78 is 11.2. The Hall–Kier alpha value is -3.25. The van der Waals surface area contributed by atoms with Crippen LogP contribution in [-0.4, -0.2) is 35.6 Å². The van der Waals surface area contributed by atoms with Gasteiger partial charge in [-0.05, 0) is 55.7 Å². The minimum Gasteiger partial charge on any atom is -0.424 e. The van der Waals surface area contributed by atoms with Crippen LogP contribution < -0.4 is 10.1 Å². The molecule has 0 bridgehead atoms. The highest BCUT2D eigenvalue weighted by atomic mass is 16.5. The molecule has 0 spiro atoms. The van der Waals surface area contributed by atoms with Crippen molar-refractivity contribution in [2.75, 3.05) is 19.8 Å². The normalized spacial score (nSPS) is 15.4. The highest BCUT2D eigenvalue weighted by molar-refractivity contribution is 5.94. The molecule has 1 aliphatic rings. The summed E-state index contributed by atoms with van der Waals surface area (Å²) in [4.78, 5) is 20.9. The Kier molecular flexibility index (Phi) is 6.05. The average Bonchev–Trinajstić information content (AvgIpc) is 2.79. The number of hydrogen-bond acceptors (Lipinski definition) is 5. The first-order valence-electron chi connectivity index (χ1n) is 10.1. The van der Waals surface area contributed by atoms with E-state index in [1.165, 1.54) is 11.1 Å². The van der Waals surface area contributed by atoms with E-state index >= 15 is 0 Å². The molecule has 0 atom stereocenters. The van der Waals surface area contributed by atoms with Crippen molar-refractivity contribution in [1.82, 2.24) is 15.3 Å². The van der Waals surface area contributed by atoms with Gasteiger partial charge in [0.25, 0.3) is 5.91 Å². The number of aromatic nitrogens is 2. The summed E-state index contributed by atoms with van der Waals surface area (Å²) in [5.41, 5.74) is 2.97. The third-order valence-corrected chi connectivity index (χ3v) is 5.54. The molecule has 1 fully saturated rings. The topological polar surface area (TPSA) is 73.3 Å². The lowest BCUT2D eigenvalue weighted by molar-refractivity contribution is 0.0487. The molecule has 6 nitrogen and oxygen atoms in total. The molecule has 1 saturated heterocycles. The third kappa shape index (κ3) is 4.66. The SMILES string of the molecule is Cc1cccc(C2(CNC(=O)c3ccc(Oc4ncccn4)cc3)CCOCC2)c1. The Morgan fingerprint density at radius 1 is 1.07 bits per heavy atom. The number of benzene rings is 2. The first-order chi connectivity index (χ1) is 14.6. The third-order valence-electron chi connectivity index (χ3n) is 5.54. The van der Waals surface area contributed by atoms with E-state index in [4.69, 9.17) is 9.47 Å². The zero-order valence-corrected chi connectivity index (χ0v) is 17.0. The van der Waals surface area contributed by atoms with Crippen LogP contribution in [0.25, 0.3) is 0 Å². The summed E-state index contributed by atoms with van der Waals surface area (Å²) in [5, 5.41) is 3.14. The molecule has 2 heterocycles. The molecule has 2 aromatic carbocycles. The van der Waals surface area contributed by atoms with Crippen molar-refractivity contribution in [2.24, 2.45) is 0 Å². The molecule has 154 valence electrons. The average molecular weight is 403 g/mol. The molecule has 1 N–H and O–H groups in total. The molecule has 0 aliphatic carbocycles. The van der Waals surface area contributed by atoms with Gasteiger partial charge in [0.1, 0.15) is 5.75 Å². The summed E-state index contributed by atoms with van der Waals surface area (Å²) in [6.07, 6.45) is 5.01. The summed E-state index contributed by atoms with van der Waals surface area (Å²) in [6, 6.07) is 17.5. The number of amides is 1. The van der Waals surface area contributed by atoms with Crippen molar-refractivity contribution in [2.45, 2.75) is 25.2 Å². The fourth-order valence-electron chi connectivity index (χ4n) is 3.77. The van der Waals surface area contributed by atoms with Crippen LogP contribution in [0.2, 0.25) is 0 Å². The van der Waals surface area contributed by atoms with Crippen LogP contribution in [0.3, 0.4) is 0 Å². The van der Waals surface area contributed by atoms with Gasteiger partial charge in [0.15, 0.2) is 0 Å². The summed E-state index contributed by atoms with van der Waals surface area (Å²) in [5.74, 6) is 0.481. The van der Waals surface area contributed by atoms with Gasteiger partial charge in [-0.25, -0.2) is 9.97 Å². The number of carbonyl (C=O) groups is 1. The maximum Gasteiger partial charge on any atom is 0.321 e. The lowest BCUT2D eigenvalue weighted by Crippen LogP contribution is -2.44. The van der Waals surface area contributed by atoms with Crippen LogP contribution >= 0.6 is 0 Å². The first-order valence-corrected chi connectivity index (χ1v) is 10.1. The van der Waals surface area contributed by atoms with Crippen molar-refractivity contribution >= 4 is 5.91 Å². The second-order valence-electron chi connectivity index (χ2n) is 7.60. The van der Waals surface area contributed by atoms with E-state index in [9.17, 15) is 4.79 Å². The molecular weight excluding hydrogens is 378 g/mol. The zero-order chi connectivity index (χ0) is 20.8. The molecular formula is C24H25N3O3. The van der Waals surface area contributed by atoms with E-state index in [0.717, 1.165) is 12.8 Å². The van der Waals surface area contributed by atoms with Crippen molar-refractivity contribution in [3.63, 3.8) is 0 Å². The van der Waals surface area contributed by atoms with Gasteiger partial charge >= 0.3 is 6.01 Å². The van der Waals surface area contributed by atoms with Crippen molar-refractivity contribution in [3.05, 3.63) is 83.7 Å². The molecule has 30 heavy (non-hydrogen) atoms. The maximum atomic E-state index is 12.8. The van der Waals surface area contributed by atoms with Gasteiger partial charge in [-0.15, -0.1) is 0 Å². The number of nitrogens with zero attached hydrogens (tertiary/aromatic N) is 2. The van der Waals surface area contributed by atoms with Crippen molar-refractivity contribution in [1.29, 1.82) is 0 Å². The van der Waals surface area contributed by atoms with Gasteiger partial charge < -0.3 is 14.8 Å². The summed E-state index contributed by atoms with van der Waals surface area (Å²) in [6.45, 7) is 4.09. The largest absolute Gasteiger partial charge is 0.424 e. The number of rotatable bonds is 6. The van der Waals surface area contributed by atoms with E-state index < -0.39 is 0 Å². The molecule has 3 aromatic rings. The first kappa shape index (κ1) is 20.0. The van der Waals surface area contributed by atoms with Crippen molar-refractivity contribution < 1.29 is 14.3 Å². The number of aryl methyl sites for hydroxylation is 1. The zero-order valence-electron chi connectivity index (χ0n) is 17.0. The molecule has 6 heteroatoms. The molecule has 0 saturated carbocycles. The number of ether oxygens (including phenoxy) is 2. The quantitative estimate of drug-likeness (QED) is 0.672. The Morgan fingerprint density at radius 3 is 2.50 bits per heavy atom. The minimum atomic E-state index is -0.104. The van der Waals surface area contributed by atoms with Gasteiger partial charge in [0.05, 0.1) is 0 Å². The van der Waals surface area contributed by atoms with E-state index in [1.54, 1.807) is 42.7 Å². The molecule has 1 amide bonds. The predicted octanol–water partition coefficient (Wildman–Crippen LogP) is 4.06. The van der Waals surface area contributed by atoms with Gasteiger partial charge in [-0.1, -0.05) is 29.8 Å². The fourth-order valence-corrected chi connectivity index (χ4v) is 3.77. The Balaban J connectivity index is 1.43. The van der Waals surface area contributed by atoms with Crippen LogP contribution in [0.15, 0.2) is 67.0 Å². The Labute approximate surface area is 176 Å². The lowest BCUT2D eigenvalue weighted by Gasteiger charge is -2.38. The highest BCUT2D eigenvalue weighted by Gasteiger charge is 2.35. The standard InChI is InChI=1S/C24H25N3O3/c1-18-4-2-5-20(16-18)24(10-14-29-15-11-24)17-27-22(28)19-6-8-21(9-7-19)30-23-25-12-3-13-26-23/h2-9,12-13,16H,10-11,14-15,17H2,1H3,(H,27,28). The van der Waals surface area contributed by atoms with E-state index in [0.29, 0.717) is 31.1 Å². The highest BCUT2D eigenvalue weighted by Crippen LogP contribution is 2.34. The molecule has 0 radical (unpaired) electrons. The second kappa shape index (κ2) is 9.05. The Bertz CT molecular complexity index is 984. The van der Waals surface area contributed by atoms with Gasteiger partial charge in [0, 0.05) is 43.1 Å². The van der Waals surface area contributed by atoms with Crippen LogP contribution in [0, 0.1) is 6.92 Å². The molecule has 1 aromatic heterocycles. The molecule has 1 aliphatic heterocycles. The predicted molar refractivity (Wildman–Crippen MR) is 114 cm³/mol. The van der Waals surface area contributed by atoms with E-state index in [-0.39, 0.29) is 17.3 Å². The van der Waals surface area contributed by atoms with Gasteiger partial charge in [-0.3, -0.25) is 4.79 Å². The molecule has 4 rings (SSSR count). The van der Waals surface area contributed by atoms with Crippen LogP contribution in [0.5, 0.6) is 11.8 Å². The van der Waals surface area contributed by atoms with Crippen LogP contribution in [0.4, 0.5) is 0 Å². The number of nitrogens with one attached hydrogen (secondary N) is 1. The van der Waals surface area contributed by atoms with Gasteiger partial charge in [-0.2, -0.15) is 0 Å². The Morgan fingerprint density at radius 2 is 1.80 bits per heavy atom. The number of hydrogen-bond donors (Lipinski definition) is 1. The van der Waals surface area contributed by atoms with Crippen molar-refractivity contribution in [3.8, 4) is 11.8 Å². The lowest BCUT2D eigenvalue weighted by atomic mass is 9.73. The minimum absolute atomic E-state index is 0.101. The van der Waals surface area contributed by atoms with Crippen LogP contribution in [0.1, 0.15) is 34.3 Å². The molecule has 0 unspecified atom stereocenters. The van der Waals surface area contributed by atoms with E-state index in [1.807, 2.05) is 0 Å². The second-order valence-corrected chi connectivity index (χ2v) is 7.60. The smallest absolute Gasteiger partial charge is 0.321 e. The summed E-state index contributed by atoms with van der Waals surface area (Å²) >= 11 is 0. The number of carbonyl (C=O) groups excluding carboxylic acids is 1. The fraction of sp³-hybridized carbons (Fsp3) is 0.292. The van der Waals surface area contributed by atoms with Crippen LogP contribution in [-0.2, 0) is 10.2 Å². The summed E-state index contributed by atoms with van der Waals surface area (Å²) in [7, 11) is 0. The van der Waals surface area contributed by atoms with Gasteiger partial charge in [0.2, 0.25) is 0 Å². The van der Waals surface area contributed by atoms with E-state index in [2.05, 4.69) is 46.5 Å².